The number of aromatic hydroxyl groups is 1. The molecule has 0 aliphatic carbocycles. The summed E-state index contributed by atoms with van der Waals surface area (Å²) in [6.45, 7) is 4.52. The topological polar surface area (TPSA) is 49.8 Å². The van der Waals surface area contributed by atoms with Gasteiger partial charge in [-0.05, 0) is 26.0 Å². The minimum atomic E-state index is -0.702. The van der Waals surface area contributed by atoms with Gasteiger partial charge in [-0.2, -0.15) is 0 Å². The molecule has 0 aromatic heterocycles. The van der Waals surface area contributed by atoms with E-state index in [-0.39, 0.29) is 23.5 Å². The van der Waals surface area contributed by atoms with Crippen LogP contribution in [0.3, 0.4) is 0 Å². The second kappa shape index (κ2) is 4.94. The summed E-state index contributed by atoms with van der Waals surface area (Å²) in [4.78, 5) is 13.7. The van der Waals surface area contributed by atoms with Crippen molar-refractivity contribution in [3.63, 3.8) is 0 Å². The normalized spacial score (nSPS) is 24.1. The molecule has 98 valence electrons. The van der Waals surface area contributed by atoms with Crippen molar-refractivity contribution < 1.29 is 19.0 Å². The number of ether oxygens (including phenoxy) is 1. The van der Waals surface area contributed by atoms with Gasteiger partial charge in [-0.3, -0.25) is 4.79 Å². The van der Waals surface area contributed by atoms with Crippen LogP contribution in [0.4, 0.5) is 4.39 Å². The van der Waals surface area contributed by atoms with Crippen molar-refractivity contribution in [1.29, 1.82) is 0 Å². The van der Waals surface area contributed by atoms with Crippen LogP contribution in [-0.2, 0) is 4.74 Å². The van der Waals surface area contributed by atoms with Crippen LogP contribution in [0, 0.1) is 5.82 Å². The molecule has 0 spiro atoms. The molecule has 0 bridgehead atoms. The molecule has 4 nitrogen and oxygen atoms in total. The largest absolute Gasteiger partial charge is 0.507 e. The number of rotatable bonds is 1. The van der Waals surface area contributed by atoms with Gasteiger partial charge in [-0.1, -0.05) is 6.07 Å². The molecule has 1 aromatic rings. The molecule has 18 heavy (non-hydrogen) atoms. The summed E-state index contributed by atoms with van der Waals surface area (Å²) >= 11 is 0. The van der Waals surface area contributed by atoms with Crippen LogP contribution < -0.4 is 0 Å². The Morgan fingerprint density at radius 2 is 2.00 bits per heavy atom. The first-order valence-corrected chi connectivity index (χ1v) is 5.91. The molecule has 0 saturated carbocycles. The van der Waals surface area contributed by atoms with Crippen LogP contribution in [0.5, 0.6) is 5.75 Å². The summed E-state index contributed by atoms with van der Waals surface area (Å²) in [5.74, 6) is -1.52. The molecule has 1 aliphatic heterocycles. The Labute approximate surface area is 105 Å². The Morgan fingerprint density at radius 1 is 1.39 bits per heavy atom. The molecular formula is C13H16FNO3. The number of benzene rings is 1. The minimum Gasteiger partial charge on any atom is -0.507 e. The van der Waals surface area contributed by atoms with Gasteiger partial charge in [0, 0.05) is 13.1 Å². The molecule has 1 saturated heterocycles. The van der Waals surface area contributed by atoms with E-state index in [4.69, 9.17) is 4.74 Å². The van der Waals surface area contributed by atoms with Gasteiger partial charge in [0.25, 0.3) is 5.91 Å². The Hall–Kier alpha value is -1.62. The van der Waals surface area contributed by atoms with Crippen LogP contribution >= 0.6 is 0 Å². The van der Waals surface area contributed by atoms with E-state index in [9.17, 15) is 14.3 Å². The smallest absolute Gasteiger partial charge is 0.260 e. The molecule has 2 rings (SSSR count). The number of hydrogen-bond acceptors (Lipinski definition) is 3. The summed E-state index contributed by atoms with van der Waals surface area (Å²) in [5.41, 5.74) is -0.265. The molecule has 0 unspecified atom stereocenters. The summed E-state index contributed by atoms with van der Waals surface area (Å²) in [6.07, 6.45) is -0.182. The van der Waals surface area contributed by atoms with Gasteiger partial charge in [-0.15, -0.1) is 0 Å². The third-order valence-electron chi connectivity index (χ3n) is 2.91. The van der Waals surface area contributed by atoms with E-state index >= 15 is 0 Å². The maximum atomic E-state index is 13.6. The Kier molecular flexibility index (Phi) is 3.52. The Morgan fingerprint density at radius 3 is 2.56 bits per heavy atom. The van der Waals surface area contributed by atoms with Gasteiger partial charge in [0.1, 0.15) is 17.1 Å². The molecule has 1 N–H and O–H groups in total. The summed E-state index contributed by atoms with van der Waals surface area (Å²) < 4.78 is 19.1. The monoisotopic (exact) mass is 253 g/mol. The molecule has 2 atom stereocenters. The van der Waals surface area contributed by atoms with Crippen molar-refractivity contribution in [3.05, 3.63) is 29.6 Å². The second-order valence-electron chi connectivity index (χ2n) is 4.60. The van der Waals surface area contributed by atoms with Gasteiger partial charge in [0.05, 0.1) is 12.2 Å². The first-order chi connectivity index (χ1) is 8.49. The summed E-state index contributed by atoms with van der Waals surface area (Å²) in [5, 5.41) is 9.61. The van der Waals surface area contributed by atoms with Crippen molar-refractivity contribution in [3.8, 4) is 5.75 Å². The highest BCUT2D eigenvalue weighted by molar-refractivity contribution is 5.97. The number of phenolic OH excluding ortho intramolecular Hbond substituents is 1. The van der Waals surface area contributed by atoms with Crippen LogP contribution in [0.1, 0.15) is 24.2 Å². The van der Waals surface area contributed by atoms with Gasteiger partial charge >= 0.3 is 0 Å². The third kappa shape index (κ3) is 2.46. The molecule has 1 amide bonds. The van der Waals surface area contributed by atoms with Gasteiger partial charge < -0.3 is 14.7 Å². The van der Waals surface area contributed by atoms with Gasteiger partial charge in [0.15, 0.2) is 0 Å². The fourth-order valence-corrected chi connectivity index (χ4v) is 2.23. The van der Waals surface area contributed by atoms with Gasteiger partial charge in [0.2, 0.25) is 0 Å². The first-order valence-electron chi connectivity index (χ1n) is 5.91. The number of carbonyl (C=O) groups excluding carboxylic acids is 1. The van der Waals surface area contributed by atoms with E-state index in [2.05, 4.69) is 0 Å². The zero-order valence-electron chi connectivity index (χ0n) is 10.4. The summed E-state index contributed by atoms with van der Waals surface area (Å²) in [7, 11) is 0. The third-order valence-corrected chi connectivity index (χ3v) is 2.91. The number of amides is 1. The number of morpholine rings is 1. The molecule has 1 aromatic carbocycles. The number of phenols is 1. The molecule has 1 fully saturated rings. The highest BCUT2D eigenvalue weighted by atomic mass is 19.1. The van der Waals surface area contributed by atoms with Gasteiger partial charge in [-0.25, -0.2) is 4.39 Å². The lowest BCUT2D eigenvalue weighted by molar-refractivity contribution is -0.0587. The van der Waals surface area contributed by atoms with Crippen LogP contribution in [-0.4, -0.2) is 41.2 Å². The first kappa shape index (κ1) is 12.8. The predicted molar refractivity (Wildman–Crippen MR) is 64.0 cm³/mol. The van der Waals surface area contributed by atoms with Crippen molar-refractivity contribution >= 4 is 5.91 Å². The number of carbonyl (C=O) groups is 1. The average molecular weight is 253 g/mol. The fourth-order valence-electron chi connectivity index (χ4n) is 2.23. The van der Waals surface area contributed by atoms with E-state index in [1.54, 1.807) is 0 Å². The fraction of sp³-hybridized carbons (Fsp3) is 0.462. The maximum absolute atomic E-state index is 13.6. The Balaban J connectivity index is 2.26. The lowest BCUT2D eigenvalue weighted by Crippen LogP contribution is -2.48. The standard InChI is InChI=1S/C13H16FNO3/c1-8-6-15(7-9(2)18-8)13(17)12-10(14)4-3-5-11(12)16/h3-5,8-9,16H,6-7H2,1-2H3/t8-,9+. The van der Waals surface area contributed by atoms with Crippen LogP contribution in [0.25, 0.3) is 0 Å². The zero-order chi connectivity index (χ0) is 13.3. The van der Waals surface area contributed by atoms with Crippen molar-refractivity contribution in [1.82, 2.24) is 4.90 Å². The van der Waals surface area contributed by atoms with Crippen LogP contribution in [0.2, 0.25) is 0 Å². The average Bonchev–Trinajstić information content (AvgIpc) is 2.27. The molecule has 1 aliphatic rings. The molecule has 0 radical (unpaired) electrons. The van der Waals surface area contributed by atoms with Crippen molar-refractivity contribution in [2.24, 2.45) is 0 Å². The number of nitrogens with zero attached hydrogens (tertiary/aromatic N) is 1. The quantitative estimate of drug-likeness (QED) is 0.830. The lowest BCUT2D eigenvalue weighted by atomic mass is 10.1. The minimum absolute atomic E-state index is 0.0911. The molecule has 5 heteroatoms. The zero-order valence-corrected chi connectivity index (χ0v) is 10.4. The lowest BCUT2D eigenvalue weighted by Gasteiger charge is -2.35. The summed E-state index contributed by atoms with van der Waals surface area (Å²) in [6, 6.07) is 3.84. The second-order valence-corrected chi connectivity index (χ2v) is 4.60. The molecular weight excluding hydrogens is 237 g/mol. The predicted octanol–water partition coefficient (Wildman–Crippen LogP) is 1.78. The van der Waals surface area contributed by atoms with Crippen molar-refractivity contribution in [2.45, 2.75) is 26.1 Å². The van der Waals surface area contributed by atoms with Crippen LogP contribution in [0.15, 0.2) is 18.2 Å². The number of hydrogen-bond donors (Lipinski definition) is 1. The van der Waals surface area contributed by atoms with E-state index < -0.39 is 11.7 Å². The maximum Gasteiger partial charge on any atom is 0.260 e. The SMILES string of the molecule is C[C@@H]1CN(C(=O)c2c(O)cccc2F)C[C@H](C)O1. The number of halogens is 1. The van der Waals surface area contributed by atoms with E-state index in [1.165, 1.54) is 23.1 Å². The Bertz CT molecular complexity index is 433. The highest BCUT2D eigenvalue weighted by Gasteiger charge is 2.29. The van der Waals surface area contributed by atoms with E-state index in [0.29, 0.717) is 13.1 Å². The van der Waals surface area contributed by atoms with E-state index in [1.807, 2.05) is 13.8 Å². The van der Waals surface area contributed by atoms with Crippen molar-refractivity contribution in [2.75, 3.05) is 13.1 Å². The molecule has 1 heterocycles. The highest BCUT2D eigenvalue weighted by Crippen LogP contribution is 2.23. The van der Waals surface area contributed by atoms with E-state index in [0.717, 1.165) is 0 Å².